The topological polar surface area (TPSA) is 141 Å². The van der Waals surface area contributed by atoms with Crippen molar-refractivity contribution in [2.24, 2.45) is 0 Å². The number of pyridine rings is 1. The Morgan fingerprint density at radius 3 is 2.89 bits per heavy atom. The Balaban J connectivity index is 1.80. The molecule has 3 aromatic rings. The fraction of sp³-hybridized carbons (Fsp3) is 0.118. The number of hydrogen-bond acceptors (Lipinski definition) is 8. The van der Waals surface area contributed by atoms with E-state index in [4.69, 9.17) is 0 Å². The lowest BCUT2D eigenvalue weighted by Gasteiger charge is -2.27. The van der Waals surface area contributed by atoms with E-state index in [0.29, 0.717) is 28.6 Å². The van der Waals surface area contributed by atoms with Crippen molar-refractivity contribution >= 4 is 23.4 Å². The molecular weight excluding hydrogens is 364 g/mol. The quantitative estimate of drug-likeness (QED) is 0.518. The molecule has 3 heterocycles. The highest BCUT2D eigenvalue weighted by Crippen LogP contribution is 2.35. The number of carbonyl (C=O) groups is 1. The van der Waals surface area contributed by atoms with Gasteiger partial charge in [0.15, 0.2) is 0 Å². The number of allylic oxidation sites excluding steroid dienone is 1. The van der Waals surface area contributed by atoms with Gasteiger partial charge >= 0.3 is 0 Å². The largest absolute Gasteiger partial charge is 0.326 e. The SMILES string of the molecule is CC1=C(C(=O)Nc2ccccn2)C(c2cccc([N+](=O)[O-])c2)n2nnnc2N1. The van der Waals surface area contributed by atoms with Gasteiger partial charge in [0.2, 0.25) is 5.95 Å². The lowest BCUT2D eigenvalue weighted by Crippen LogP contribution is -2.31. The van der Waals surface area contributed by atoms with Gasteiger partial charge in [0, 0.05) is 24.0 Å². The van der Waals surface area contributed by atoms with E-state index in [1.165, 1.54) is 16.8 Å². The number of non-ortho nitro benzene ring substituents is 1. The first kappa shape index (κ1) is 17.3. The van der Waals surface area contributed by atoms with Gasteiger partial charge in [0.25, 0.3) is 11.6 Å². The number of nitrogens with one attached hydrogen (secondary N) is 2. The second-order valence-electron chi connectivity index (χ2n) is 6.03. The summed E-state index contributed by atoms with van der Waals surface area (Å²) in [6, 6.07) is 10.4. The Morgan fingerprint density at radius 2 is 2.14 bits per heavy atom. The summed E-state index contributed by atoms with van der Waals surface area (Å²) < 4.78 is 1.42. The lowest BCUT2D eigenvalue weighted by molar-refractivity contribution is -0.384. The number of nitro benzene ring substituents is 1. The average Bonchev–Trinajstić information content (AvgIpc) is 3.15. The van der Waals surface area contributed by atoms with Crippen LogP contribution in [0.3, 0.4) is 0 Å². The highest BCUT2D eigenvalue weighted by atomic mass is 16.6. The molecule has 1 aliphatic heterocycles. The molecule has 0 aliphatic carbocycles. The molecule has 11 heteroatoms. The summed E-state index contributed by atoms with van der Waals surface area (Å²) in [7, 11) is 0. The second kappa shape index (κ2) is 6.87. The monoisotopic (exact) mass is 378 g/mol. The van der Waals surface area contributed by atoms with Gasteiger partial charge in [0.05, 0.1) is 10.5 Å². The normalized spacial score (nSPS) is 15.5. The number of tetrazole rings is 1. The molecule has 0 radical (unpaired) electrons. The van der Waals surface area contributed by atoms with Crippen molar-refractivity contribution in [2.45, 2.75) is 13.0 Å². The van der Waals surface area contributed by atoms with Crippen molar-refractivity contribution in [2.75, 3.05) is 10.6 Å². The van der Waals surface area contributed by atoms with Crippen LogP contribution in [0.2, 0.25) is 0 Å². The zero-order valence-corrected chi connectivity index (χ0v) is 14.6. The molecule has 1 unspecified atom stereocenters. The Morgan fingerprint density at radius 1 is 1.29 bits per heavy atom. The van der Waals surface area contributed by atoms with Gasteiger partial charge in [-0.05, 0) is 35.0 Å². The Labute approximate surface area is 158 Å². The van der Waals surface area contributed by atoms with Crippen LogP contribution in [-0.2, 0) is 4.79 Å². The number of benzene rings is 1. The number of aromatic nitrogens is 5. The van der Waals surface area contributed by atoms with Crippen molar-refractivity contribution in [1.29, 1.82) is 0 Å². The predicted molar refractivity (Wildman–Crippen MR) is 98.2 cm³/mol. The fourth-order valence-electron chi connectivity index (χ4n) is 3.04. The molecule has 0 saturated carbocycles. The lowest BCUT2D eigenvalue weighted by atomic mass is 9.94. The number of nitro groups is 1. The summed E-state index contributed by atoms with van der Waals surface area (Å²) >= 11 is 0. The van der Waals surface area contributed by atoms with E-state index >= 15 is 0 Å². The third kappa shape index (κ3) is 3.05. The molecule has 0 saturated heterocycles. The van der Waals surface area contributed by atoms with Crippen LogP contribution < -0.4 is 10.6 Å². The van der Waals surface area contributed by atoms with Crippen LogP contribution in [0.1, 0.15) is 18.5 Å². The second-order valence-corrected chi connectivity index (χ2v) is 6.03. The summed E-state index contributed by atoms with van der Waals surface area (Å²) in [5.41, 5.74) is 1.28. The van der Waals surface area contributed by atoms with E-state index in [9.17, 15) is 14.9 Å². The van der Waals surface area contributed by atoms with Gasteiger partial charge in [0.1, 0.15) is 11.9 Å². The molecule has 1 aliphatic rings. The standard InChI is InChI=1S/C17H14N8O3/c1-10-14(16(26)20-13-7-2-3-8-18-13)15(24-17(19-10)21-22-23-24)11-5-4-6-12(9-11)25(27)28/h2-9,15H,1H3,(H,18,20,26)(H,19,21,23). The Bertz CT molecular complexity index is 1090. The van der Waals surface area contributed by atoms with Crippen LogP contribution in [0.25, 0.3) is 0 Å². The van der Waals surface area contributed by atoms with E-state index in [1.807, 2.05) is 0 Å². The number of nitrogens with zero attached hydrogens (tertiary/aromatic N) is 6. The zero-order chi connectivity index (χ0) is 19.7. The van der Waals surface area contributed by atoms with Crippen LogP contribution in [-0.4, -0.2) is 36.0 Å². The summed E-state index contributed by atoms with van der Waals surface area (Å²) in [4.78, 5) is 27.9. The smallest absolute Gasteiger partial charge is 0.269 e. The fourth-order valence-corrected chi connectivity index (χ4v) is 3.04. The molecule has 1 amide bonds. The number of amides is 1. The molecule has 11 nitrogen and oxygen atoms in total. The summed E-state index contributed by atoms with van der Waals surface area (Å²) in [5.74, 6) is 0.304. The van der Waals surface area contributed by atoms with Crippen molar-refractivity contribution < 1.29 is 9.72 Å². The van der Waals surface area contributed by atoms with E-state index in [0.717, 1.165) is 0 Å². The molecule has 0 spiro atoms. The summed E-state index contributed by atoms with van der Waals surface area (Å²) in [5, 5.41) is 28.4. The number of rotatable bonds is 4. The predicted octanol–water partition coefficient (Wildman–Crippen LogP) is 1.90. The number of anilines is 2. The average molecular weight is 378 g/mol. The van der Waals surface area contributed by atoms with Gasteiger partial charge in [-0.25, -0.2) is 4.98 Å². The maximum Gasteiger partial charge on any atom is 0.269 e. The maximum absolute atomic E-state index is 13.0. The number of fused-ring (bicyclic) bond motifs is 1. The van der Waals surface area contributed by atoms with Crippen LogP contribution in [0, 0.1) is 10.1 Å². The minimum atomic E-state index is -0.741. The zero-order valence-electron chi connectivity index (χ0n) is 14.6. The minimum Gasteiger partial charge on any atom is -0.326 e. The highest BCUT2D eigenvalue weighted by Gasteiger charge is 2.34. The van der Waals surface area contributed by atoms with Gasteiger partial charge in [-0.2, -0.15) is 4.68 Å². The molecule has 1 aromatic carbocycles. The summed E-state index contributed by atoms with van der Waals surface area (Å²) in [6.07, 6.45) is 1.56. The van der Waals surface area contributed by atoms with E-state index in [2.05, 4.69) is 31.1 Å². The van der Waals surface area contributed by atoms with Gasteiger partial charge in [-0.3, -0.25) is 14.9 Å². The molecule has 1 atom stereocenters. The third-order valence-electron chi connectivity index (χ3n) is 4.26. The van der Waals surface area contributed by atoms with Crippen molar-refractivity contribution in [3.63, 3.8) is 0 Å². The third-order valence-corrected chi connectivity index (χ3v) is 4.26. The van der Waals surface area contributed by atoms with E-state index in [-0.39, 0.29) is 5.69 Å². The maximum atomic E-state index is 13.0. The van der Waals surface area contributed by atoms with Gasteiger partial charge < -0.3 is 10.6 Å². The first-order chi connectivity index (χ1) is 13.5. The molecule has 2 aromatic heterocycles. The van der Waals surface area contributed by atoms with E-state index in [1.54, 1.807) is 43.5 Å². The van der Waals surface area contributed by atoms with Crippen molar-refractivity contribution in [3.8, 4) is 0 Å². The summed E-state index contributed by atoms with van der Waals surface area (Å²) in [6.45, 7) is 1.72. The first-order valence-electron chi connectivity index (χ1n) is 8.27. The first-order valence-corrected chi connectivity index (χ1v) is 8.27. The number of hydrogen-bond donors (Lipinski definition) is 2. The van der Waals surface area contributed by atoms with Gasteiger partial charge in [-0.15, -0.1) is 0 Å². The Kier molecular flexibility index (Phi) is 4.24. The molecule has 4 rings (SSSR count). The molecular formula is C17H14N8O3. The molecule has 28 heavy (non-hydrogen) atoms. The highest BCUT2D eigenvalue weighted by molar-refractivity contribution is 6.05. The molecule has 140 valence electrons. The number of carbonyl (C=O) groups excluding carboxylic acids is 1. The van der Waals surface area contributed by atoms with E-state index < -0.39 is 16.9 Å². The minimum absolute atomic E-state index is 0.0900. The van der Waals surface area contributed by atoms with Crippen molar-refractivity contribution in [1.82, 2.24) is 25.2 Å². The van der Waals surface area contributed by atoms with Crippen LogP contribution in [0.15, 0.2) is 59.9 Å². The van der Waals surface area contributed by atoms with Crippen LogP contribution in [0.5, 0.6) is 0 Å². The van der Waals surface area contributed by atoms with Crippen molar-refractivity contribution in [3.05, 3.63) is 75.6 Å². The Hall–Kier alpha value is -4.15. The molecule has 2 N–H and O–H groups in total. The van der Waals surface area contributed by atoms with Gasteiger partial charge in [-0.1, -0.05) is 23.3 Å². The van der Waals surface area contributed by atoms with Crippen LogP contribution in [0.4, 0.5) is 17.5 Å². The van der Waals surface area contributed by atoms with Crippen LogP contribution >= 0.6 is 0 Å². The molecule has 0 bridgehead atoms. The molecule has 0 fully saturated rings.